The van der Waals surface area contributed by atoms with Gasteiger partial charge in [-0.3, -0.25) is 0 Å². The lowest BCUT2D eigenvalue weighted by Gasteiger charge is -2.22. The number of aromatic nitrogens is 2. The molecule has 0 amide bonds. The molecule has 0 radical (unpaired) electrons. The highest BCUT2D eigenvalue weighted by molar-refractivity contribution is 5.62. The monoisotopic (exact) mass is 280 g/mol. The van der Waals surface area contributed by atoms with Gasteiger partial charge >= 0.3 is 6.18 Å². The summed E-state index contributed by atoms with van der Waals surface area (Å²) in [5.41, 5.74) is 0.573. The zero-order chi connectivity index (χ0) is 14.3. The molecule has 1 atom stereocenters. The lowest BCUT2D eigenvalue weighted by atomic mass is 9.98. The number of rotatable bonds is 1. The lowest BCUT2D eigenvalue weighted by Crippen LogP contribution is -2.18. The first kappa shape index (κ1) is 13.2. The quantitative estimate of drug-likeness (QED) is 0.767. The van der Waals surface area contributed by atoms with Gasteiger partial charge in [-0.1, -0.05) is 25.1 Å². The van der Waals surface area contributed by atoms with Gasteiger partial charge < -0.3 is 4.57 Å². The van der Waals surface area contributed by atoms with E-state index >= 15 is 0 Å². The fraction of sp³-hybridized carbons (Fsp3) is 0.400. The van der Waals surface area contributed by atoms with Crippen LogP contribution in [-0.4, -0.2) is 9.55 Å². The van der Waals surface area contributed by atoms with Gasteiger partial charge in [-0.05, 0) is 24.8 Å². The van der Waals surface area contributed by atoms with Gasteiger partial charge in [-0.25, -0.2) is 4.98 Å². The largest absolute Gasteiger partial charge is 0.417 e. The Kier molecular flexibility index (Phi) is 3.07. The van der Waals surface area contributed by atoms with Gasteiger partial charge in [-0.2, -0.15) is 13.2 Å². The second-order valence-electron chi connectivity index (χ2n) is 5.37. The second kappa shape index (κ2) is 4.65. The van der Waals surface area contributed by atoms with Crippen LogP contribution >= 0.6 is 0 Å². The molecule has 20 heavy (non-hydrogen) atoms. The predicted molar refractivity (Wildman–Crippen MR) is 70.2 cm³/mol. The fourth-order valence-electron chi connectivity index (χ4n) is 2.77. The summed E-state index contributed by atoms with van der Waals surface area (Å²) in [5, 5.41) is 0. The molecule has 2 nitrogen and oxygen atoms in total. The molecule has 0 aliphatic carbocycles. The highest BCUT2D eigenvalue weighted by Crippen LogP contribution is 2.37. The smallest absolute Gasteiger partial charge is 0.328 e. The van der Waals surface area contributed by atoms with Crippen molar-refractivity contribution in [2.24, 2.45) is 5.92 Å². The van der Waals surface area contributed by atoms with E-state index in [4.69, 9.17) is 0 Å². The highest BCUT2D eigenvalue weighted by atomic mass is 19.4. The van der Waals surface area contributed by atoms with Crippen molar-refractivity contribution in [1.82, 2.24) is 9.55 Å². The van der Waals surface area contributed by atoms with Crippen LogP contribution in [0.2, 0.25) is 0 Å². The molecule has 0 spiro atoms. The summed E-state index contributed by atoms with van der Waals surface area (Å²) >= 11 is 0. The Bertz CT molecular complexity index is 628. The van der Waals surface area contributed by atoms with Gasteiger partial charge in [0.1, 0.15) is 5.82 Å². The van der Waals surface area contributed by atoms with Crippen LogP contribution in [0.1, 0.15) is 24.6 Å². The predicted octanol–water partition coefficient (Wildman–Crippen LogP) is 4.15. The maximum absolute atomic E-state index is 13.1. The summed E-state index contributed by atoms with van der Waals surface area (Å²) in [5.74, 6) is 0.990. The number of benzene rings is 1. The van der Waals surface area contributed by atoms with E-state index in [0.717, 1.165) is 31.1 Å². The second-order valence-corrected chi connectivity index (χ2v) is 5.37. The van der Waals surface area contributed by atoms with E-state index in [1.54, 1.807) is 12.3 Å². The Morgan fingerprint density at radius 1 is 1.25 bits per heavy atom. The maximum Gasteiger partial charge on any atom is 0.417 e. The van der Waals surface area contributed by atoms with Crippen molar-refractivity contribution in [2.45, 2.75) is 32.5 Å². The van der Waals surface area contributed by atoms with Gasteiger partial charge in [0.05, 0.1) is 5.56 Å². The molecule has 1 aromatic carbocycles. The molecule has 0 bridgehead atoms. The first-order valence-corrected chi connectivity index (χ1v) is 6.68. The molecule has 0 fully saturated rings. The van der Waals surface area contributed by atoms with Crippen molar-refractivity contribution >= 4 is 0 Å². The number of hydrogen-bond acceptors (Lipinski definition) is 1. The van der Waals surface area contributed by atoms with E-state index in [0.29, 0.717) is 11.7 Å². The third-order valence-corrected chi connectivity index (χ3v) is 3.81. The molecule has 2 aromatic rings. The van der Waals surface area contributed by atoms with Crippen LogP contribution < -0.4 is 0 Å². The van der Waals surface area contributed by atoms with Crippen molar-refractivity contribution in [1.29, 1.82) is 0 Å². The molecule has 1 aromatic heterocycles. The molecule has 1 aliphatic heterocycles. The van der Waals surface area contributed by atoms with Crippen LogP contribution in [0, 0.1) is 5.92 Å². The summed E-state index contributed by atoms with van der Waals surface area (Å²) in [6.07, 6.45) is -0.797. The van der Waals surface area contributed by atoms with E-state index in [9.17, 15) is 13.2 Å². The van der Waals surface area contributed by atoms with Gasteiger partial charge in [0.2, 0.25) is 0 Å². The first-order chi connectivity index (χ1) is 9.47. The number of imidazole rings is 1. The molecular formula is C15H15F3N2. The third kappa shape index (κ3) is 2.21. The average Bonchev–Trinajstić information content (AvgIpc) is 2.80. The third-order valence-electron chi connectivity index (χ3n) is 3.81. The normalized spacial score (nSPS) is 18.9. The molecule has 106 valence electrons. The molecule has 2 heterocycles. The van der Waals surface area contributed by atoms with Gasteiger partial charge in [-0.15, -0.1) is 0 Å². The molecule has 1 unspecified atom stereocenters. The van der Waals surface area contributed by atoms with E-state index < -0.39 is 11.7 Å². The molecule has 3 rings (SSSR count). The Balaban J connectivity index is 2.12. The van der Waals surface area contributed by atoms with E-state index in [2.05, 4.69) is 11.9 Å². The highest BCUT2D eigenvalue weighted by Gasteiger charge is 2.34. The average molecular weight is 280 g/mol. The molecule has 5 heteroatoms. The summed E-state index contributed by atoms with van der Waals surface area (Å²) in [6, 6.07) is 5.64. The summed E-state index contributed by atoms with van der Waals surface area (Å²) in [7, 11) is 0. The zero-order valence-corrected chi connectivity index (χ0v) is 11.1. The van der Waals surface area contributed by atoms with Gasteiger partial charge in [0.15, 0.2) is 0 Å². The van der Waals surface area contributed by atoms with E-state index in [1.165, 1.54) is 12.1 Å². The molecular weight excluding hydrogens is 265 g/mol. The minimum atomic E-state index is -4.36. The zero-order valence-electron chi connectivity index (χ0n) is 11.1. The molecule has 1 aliphatic rings. The van der Waals surface area contributed by atoms with Crippen LogP contribution in [0.4, 0.5) is 13.2 Å². The first-order valence-electron chi connectivity index (χ1n) is 6.68. The van der Waals surface area contributed by atoms with E-state index in [-0.39, 0.29) is 5.56 Å². The van der Waals surface area contributed by atoms with Crippen LogP contribution in [0.15, 0.2) is 30.5 Å². The van der Waals surface area contributed by atoms with Crippen LogP contribution in [0.5, 0.6) is 0 Å². The Hall–Kier alpha value is -1.78. The number of halogens is 3. The van der Waals surface area contributed by atoms with Crippen molar-refractivity contribution in [2.75, 3.05) is 0 Å². The minimum Gasteiger partial charge on any atom is -0.328 e. The van der Waals surface area contributed by atoms with Gasteiger partial charge in [0, 0.05) is 24.0 Å². The Morgan fingerprint density at radius 3 is 2.75 bits per heavy atom. The lowest BCUT2D eigenvalue weighted by molar-refractivity contribution is -0.137. The minimum absolute atomic E-state index is 0.167. The topological polar surface area (TPSA) is 17.8 Å². The standard InChI is InChI=1S/C15H15F3N2/c1-10-6-7-20-11(8-10)9-19-14(20)12-4-2-3-5-13(12)15(16,17)18/h2-5,9-10H,6-8H2,1H3. The van der Waals surface area contributed by atoms with Crippen LogP contribution in [0.25, 0.3) is 11.4 Å². The molecule has 0 N–H and O–H groups in total. The van der Waals surface area contributed by atoms with Crippen molar-refractivity contribution in [3.8, 4) is 11.4 Å². The molecule has 0 saturated carbocycles. The van der Waals surface area contributed by atoms with Crippen molar-refractivity contribution in [3.63, 3.8) is 0 Å². The summed E-state index contributed by atoms with van der Waals surface area (Å²) < 4.78 is 41.2. The number of nitrogens with zero attached hydrogens (tertiary/aromatic N) is 2. The number of hydrogen-bond donors (Lipinski definition) is 0. The maximum atomic E-state index is 13.1. The summed E-state index contributed by atoms with van der Waals surface area (Å²) in [6.45, 7) is 2.89. The SMILES string of the molecule is CC1CCn2c(cnc2-c2ccccc2C(F)(F)F)C1. The van der Waals surface area contributed by atoms with Crippen molar-refractivity contribution < 1.29 is 13.2 Å². The van der Waals surface area contributed by atoms with Crippen LogP contribution in [0.3, 0.4) is 0 Å². The Morgan fingerprint density at radius 2 is 2.00 bits per heavy atom. The molecule has 0 saturated heterocycles. The van der Waals surface area contributed by atoms with E-state index in [1.807, 2.05) is 4.57 Å². The Labute approximate surface area is 115 Å². The van der Waals surface area contributed by atoms with Crippen molar-refractivity contribution in [3.05, 3.63) is 41.7 Å². The van der Waals surface area contributed by atoms with Crippen LogP contribution in [-0.2, 0) is 19.1 Å². The number of alkyl halides is 3. The fourth-order valence-corrected chi connectivity index (χ4v) is 2.77. The van der Waals surface area contributed by atoms with Gasteiger partial charge in [0.25, 0.3) is 0 Å². The summed E-state index contributed by atoms with van der Waals surface area (Å²) in [4.78, 5) is 4.24. The number of fused-ring (bicyclic) bond motifs is 1.